The number of hydrogen-bond acceptors (Lipinski definition) is 3. The van der Waals surface area contributed by atoms with Crippen LogP contribution in [0.5, 0.6) is 0 Å². The largest absolute Gasteiger partial charge is 0.480 e. The van der Waals surface area contributed by atoms with Gasteiger partial charge < -0.3 is 15.3 Å². The first-order valence-corrected chi connectivity index (χ1v) is 6.50. The van der Waals surface area contributed by atoms with Crippen LogP contribution < -0.4 is 5.32 Å². The molecular formula is C13H22N2O3. The summed E-state index contributed by atoms with van der Waals surface area (Å²) >= 11 is 0. The van der Waals surface area contributed by atoms with E-state index < -0.39 is 5.97 Å². The summed E-state index contributed by atoms with van der Waals surface area (Å²) in [5, 5.41) is 12.0. The normalized spacial score (nSPS) is 20.6. The second-order valence-electron chi connectivity index (χ2n) is 4.59. The number of rotatable bonds is 7. The Morgan fingerprint density at radius 2 is 2.33 bits per heavy atom. The van der Waals surface area contributed by atoms with Crippen molar-refractivity contribution < 1.29 is 14.7 Å². The molecule has 1 aliphatic heterocycles. The molecule has 18 heavy (non-hydrogen) atoms. The van der Waals surface area contributed by atoms with Crippen LogP contribution in [0, 0.1) is 0 Å². The second-order valence-corrected chi connectivity index (χ2v) is 4.59. The summed E-state index contributed by atoms with van der Waals surface area (Å²) in [6, 6.07) is -0.225. The third-order valence-electron chi connectivity index (χ3n) is 3.08. The molecule has 0 aromatic rings. The number of carbonyl (C=O) groups excluding carboxylic acids is 1. The molecule has 1 fully saturated rings. The highest BCUT2D eigenvalue weighted by molar-refractivity contribution is 5.85. The first kappa shape index (κ1) is 14.7. The number of amides is 1. The minimum atomic E-state index is -0.948. The van der Waals surface area contributed by atoms with Gasteiger partial charge in [-0.1, -0.05) is 6.08 Å². The fourth-order valence-electron chi connectivity index (χ4n) is 2.14. The third kappa shape index (κ3) is 4.87. The monoisotopic (exact) mass is 254 g/mol. The number of carboxylic acid groups (broad SMARTS) is 1. The Bertz CT molecular complexity index is 305. The van der Waals surface area contributed by atoms with Gasteiger partial charge in [-0.05, 0) is 38.6 Å². The summed E-state index contributed by atoms with van der Waals surface area (Å²) in [6.45, 7) is 4.78. The number of nitrogens with zero attached hydrogens (tertiary/aromatic N) is 1. The highest BCUT2D eigenvalue weighted by Crippen LogP contribution is 2.12. The number of nitrogens with one attached hydrogen (secondary N) is 1. The molecule has 0 saturated carbocycles. The zero-order valence-corrected chi connectivity index (χ0v) is 10.7. The lowest BCUT2D eigenvalue weighted by atomic mass is 10.1. The van der Waals surface area contributed by atoms with E-state index in [4.69, 9.17) is 5.11 Å². The van der Waals surface area contributed by atoms with Gasteiger partial charge in [0.15, 0.2) is 0 Å². The molecule has 1 aliphatic rings. The lowest BCUT2D eigenvalue weighted by molar-refractivity contribution is -0.145. The van der Waals surface area contributed by atoms with E-state index in [1.165, 1.54) is 4.90 Å². The molecule has 0 spiro atoms. The van der Waals surface area contributed by atoms with Crippen molar-refractivity contribution in [3.8, 4) is 0 Å². The molecule has 5 heteroatoms. The van der Waals surface area contributed by atoms with Crippen molar-refractivity contribution in [1.82, 2.24) is 10.2 Å². The van der Waals surface area contributed by atoms with Gasteiger partial charge in [0, 0.05) is 6.54 Å². The minimum absolute atomic E-state index is 0.0755. The first-order chi connectivity index (χ1) is 8.65. The van der Waals surface area contributed by atoms with Crippen LogP contribution in [-0.2, 0) is 9.59 Å². The van der Waals surface area contributed by atoms with Gasteiger partial charge in [-0.3, -0.25) is 9.59 Å². The topological polar surface area (TPSA) is 69.6 Å². The number of hydrogen-bond donors (Lipinski definition) is 2. The predicted molar refractivity (Wildman–Crippen MR) is 69.3 cm³/mol. The summed E-state index contributed by atoms with van der Waals surface area (Å²) < 4.78 is 0. The molecule has 5 nitrogen and oxygen atoms in total. The van der Waals surface area contributed by atoms with Gasteiger partial charge in [0.2, 0.25) is 5.91 Å². The Morgan fingerprint density at radius 3 is 3.00 bits per heavy atom. The summed E-state index contributed by atoms with van der Waals surface area (Å²) in [5.74, 6) is -1.02. The van der Waals surface area contributed by atoms with Crippen molar-refractivity contribution in [1.29, 1.82) is 0 Å². The molecule has 2 N–H and O–H groups in total. The van der Waals surface area contributed by atoms with E-state index in [1.807, 2.05) is 6.08 Å². The van der Waals surface area contributed by atoms with Crippen LogP contribution in [0.2, 0.25) is 0 Å². The summed E-state index contributed by atoms with van der Waals surface area (Å²) in [6.07, 6.45) is 6.36. The summed E-state index contributed by atoms with van der Waals surface area (Å²) in [5.41, 5.74) is 0. The molecule has 1 unspecified atom stereocenters. The average Bonchev–Trinajstić information content (AvgIpc) is 2.49. The van der Waals surface area contributed by atoms with E-state index in [0.29, 0.717) is 6.54 Å². The zero-order chi connectivity index (χ0) is 13.4. The van der Waals surface area contributed by atoms with Gasteiger partial charge in [0.25, 0.3) is 0 Å². The zero-order valence-electron chi connectivity index (χ0n) is 10.7. The van der Waals surface area contributed by atoms with Gasteiger partial charge in [0.1, 0.15) is 6.54 Å². The molecular weight excluding hydrogens is 232 g/mol. The van der Waals surface area contributed by atoms with Crippen molar-refractivity contribution >= 4 is 11.9 Å². The summed E-state index contributed by atoms with van der Waals surface area (Å²) in [4.78, 5) is 24.3. The minimum Gasteiger partial charge on any atom is -0.480 e. The molecule has 1 heterocycles. The van der Waals surface area contributed by atoms with Crippen molar-refractivity contribution in [2.75, 3.05) is 19.6 Å². The standard InChI is InChI=1S/C13H22N2O3/c1-2-3-5-8-14-11-7-4-6-9-15(13(11)18)10-12(16)17/h2,11,14H,1,3-10H2,(H,16,17). The molecule has 0 aromatic heterocycles. The van der Waals surface area contributed by atoms with E-state index in [9.17, 15) is 9.59 Å². The maximum atomic E-state index is 12.1. The number of carboxylic acids is 1. The Balaban J connectivity index is 2.46. The second kappa shape index (κ2) is 7.87. The van der Waals surface area contributed by atoms with Crippen LogP contribution in [0.1, 0.15) is 32.1 Å². The molecule has 0 radical (unpaired) electrons. The van der Waals surface area contributed by atoms with Crippen molar-refractivity contribution in [3.05, 3.63) is 12.7 Å². The van der Waals surface area contributed by atoms with Crippen LogP contribution in [0.3, 0.4) is 0 Å². The van der Waals surface area contributed by atoms with Gasteiger partial charge in [-0.2, -0.15) is 0 Å². The molecule has 102 valence electrons. The SMILES string of the molecule is C=CCCCNC1CCCCN(CC(=O)O)C1=O. The van der Waals surface area contributed by atoms with Crippen molar-refractivity contribution in [3.63, 3.8) is 0 Å². The highest BCUT2D eigenvalue weighted by Gasteiger charge is 2.27. The number of carbonyl (C=O) groups is 2. The lowest BCUT2D eigenvalue weighted by Gasteiger charge is -2.23. The number of aliphatic carboxylic acids is 1. The lowest BCUT2D eigenvalue weighted by Crippen LogP contribution is -2.47. The maximum Gasteiger partial charge on any atom is 0.323 e. The molecule has 1 rings (SSSR count). The maximum absolute atomic E-state index is 12.1. The molecule has 1 amide bonds. The Hall–Kier alpha value is -1.36. The predicted octanol–water partition coefficient (Wildman–Crippen LogP) is 1.01. The van der Waals surface area contributed by atoms with Crippen LogP contribution >= 0.6 is 0 Å². The van der Waals surface area contributed by atoms with Gasteiger partial charge >= 0.3 is 5.97 Å². The van der Waals surface area contributed by atoms with E-state index in [-0.39, 0.29) is 18.5 Å². The fourth-order valence-corrected chi connectivity index (χ4v) is 2.14. The van der Waals surface area contributed by atoms with E-state index >= 15 is 0 Å². The Kier molecular flexibility index (Phi) is 6.43. The molecule has 0 bridgehead atoms. The van der Waals surface area contributed by atoms with Crippen molar-refractivity contribution in [2.45, 2.75) is 38.1 Å². The average molecular weight is 254 g/mol. The van der Waals surface area contributed by atoms with Gasteiger partial charge in [-0.15, -0.1) is 6.58 Å². The number of unbranched alkanes of at least 4 members (excludes halogenated alkanes) is 1. The smallest absolute Gasteiger partial charge is 0.323 e. The third-order valence-corrected chi connectivity index (χ3v) is 3.08. The van der Waals surface area contributed by atoms with Gasteiger partial charge in [0.05, 0.1) is 6.04 Å². The van der Waals surface area contributed by atoms with E-state index in [1.54, 1.807) is 0 Å². The van der Waals surface area contributed by atoms with E-state index in [0.717, 1.165) is 38.6 Å². The van der Waals surface area contributed by atoms with E-state index in [2.05, 4.69) is 11.9 Å². The molecule has 1 saturated heterocycles. The Morgan fingerprint density at radius 1 is 1.56 bits per heavy atom. The van der Waals surface area contributed by atoms with Crippen LogP contribution in [0.4, 0.5) is 0 Å². The van der Waals surface area contributed by atoms with Crippen molar-refractivity contribution in [2.24, 2.45) is 0 Å². The Labute approximate surface area is 108 Å². The number of likely N-dealkylation sites (tertiary alicyclic amines) is 1. The van der Waals surface area contributed by atoms with Gasteiger partial charge in [-0.25, -0.2) is 0 Å². The quantitative estimate of drug-likeness (QED) is 0.525. The first-order valence-electron chi connectivity index (χ1n) is 6.50. The molecule has 1 atom stereocenters. The molecule has 0 aliphatic carbocycles. The summed E-state index contributed by atoms with van der Waals surface area (Å²) in [7, 11) is 0. The number of allylic oxidation sites excluding steroid dienone is 1. The van der Waals surface area contributed by atoms with Crippen LogP contribution in [-0.4, -0.2) is 47.6 Å². The fraction of sp³-hybridized carbons (Fsp3) is 0.692. The van der Waals surface area contributed by atoms with Crippen LogP contribution in [0.15, 0.2) is 12.7 Å². The highest BCUT2D eigenvalue weighted by atomic mass is 16.4. The molecule has 0 aromatic carbocycles. The van der Waals surface area contributed by atoms with Crippen LogP contribution in [0.25, 0.3) is 0 Å².